The third kappa shape index (κ3) is 4.15. The van der Waals surface area contributed by atoms with Crippen molar-refractivity contribution < 1.29 is 4.18 Å². The summed E-state index contributed by atoms with van der Waals surface area (Å²) in [6.45, 7) is 0. The van der Waals surface area contributed by atoms with Crippen molar-refractivity contribution in [3.63, 3.8) is 0 Å². The highest BCUT2D eigenvalue weighted by atomic mass is 32.2. The van der Waals surface area contributed by atoms with Crippen LogP contribution >= 0.6 is 23.8 Å². The number of nitrogens with zero attached hydrogens (tertiary/aromatic N) is 1. The number of rotatable bonds is 4. The molecule has 0 bridgehead atoms. The number of benzene rings is 1. The van der Waals surface area contributed by atoms with E-state index < -0.39 is 0 Å². The lowest BCUT2D eigenvalue weighted by Crippen LogP contribution is -2.10. The highest BCUT2D eigenvalue weighted by Crippen LogP contribution is 2.24. The van der Waals surface area contributed by atoms with Gasteiger partial charge in [-0.2, -0.15) is 0 Å². The van der Waals surface area contributed by atoms with Crippen LogP contribution in [0, 0.1) is 0 Å². The van der Waals surface area contributed by atoms with Gasteiger partial charge in [-0.3, -0.25) is 0 Å². The quantitative estimate of drug-likeness (QED) is 0.560. The monoisotopic (exact) mass is 329 g/mol. The maximum Gasteiger partial charge on any atom is 0.0907 e. The molecule has 0 amide bonds. The zero-order valence-electron chi connectivity index (χ0n) is 12.6. The predicted octanol–water partition coefficient (Wildman–Crippen LogP) is 5.31. The first-order chi connectivity index (χ1) is 10.8. The first kappa shape index (κ1) is 15.7. The standard InChI is InChI=1S/C18H19NOS2/c1-21-17-11-7-14(8-12-17)18-6-2-4-15(19-18)9-10-16-5-3-13-22-20-16/h2,4,6-12,16H,3,5,13H2,1H3/b10-9-. The van der Waals surface area contributed by atoms with Crippen molar-refractivity contribution in [3.05, 3.63) is 54.2 Å². The average Bonchev–Trinajstić information content (AvgIpc) is 2.61. The summed E-state index contributed by atoms with van der Waals surface area (Å²) < 4.78 is 5.64. The van der Waals surface area contributed by atoms with E-state index in [4.69, 9.17) is 9.17 Å². The van der Waals surface area contributed by atoms with Gasteiger partial charge in [-0.1, -0.05) is 24.3 Å². The van der Waals surface area contributed by atoms with Gasteiger partial charge < -0.3 is 4.18 Å². The van der Waals surface area contributed by atoms with E-state index in [9.17, 15) is 0 Å². The Morgan fingerprint density at radius 1 is 1.23 bits per heavy atom. The number of thioether (sulfide) groups is 1. The van der Waals surface area contributed by atoms with Crippen LogP contribution in [0.2, 0.25) is 0 Å². The molecule has 0 spiro atoms. The van der Waals surface area contributed by atoms with Gasteiger partial charge in [0.05, 0.1) is 17.5 Å². The molecule has 0 radical (unpaired) electrons. The number of hydrogen-bond donors (Lipinski definition) is 0. The summed E-state index contributed by atoms with van der Waals surface area (Å²) >= 11 is 3.32. The first-order valence-corrected chi connectivity index (χ1v) is 9.57. The maximum atomic E-state index is 5.64. The summed E-state index contributed by atoms with van der Waals surface area (Å²) in [6, 6.07) is 14.7. The van der Waals surface area contributed by atoms with Crippen LogP contribution in [0.4, 0.5) is 0 Å². The van der Waals surface area contributed by atoms with Gasteiger partial charge in [-0.25, -0.2) is 4.98 Å². The lowest BCUT2D eigenvalue weighted by Gasteiger charge is -2.17. The van der Waals surface area contributed by atoms with Gasteiger partial charge in [0.25, 0.3) is 0 Å². The molecular weight excluding hydrogens is 310 g/mol. The van der Waals surface area contributed by atoms with Gasteiger partial charge in [0.15, 0.2) is 0 Å². The Bertz CT molecular complexity index is 634. The molecule has 3 rings (SSSR count). The largest absolute Gasteiger partial charge is 0.308 e. The first-order valence-electron chi connectivity index (χ1n) is 7.43. The second kappa shape index (κ2) is 7.86. The van der Waals surface area contributed by atoms with Gasteiger partial charge in [0.2, 0.25) is 0 Å². The molecule has 4 heteroatoms. The zero-order valence-corrected chi connectivity index (χ0v) is 14.2. The van der Waals surface area contributed by atoms with Crippen LogP contribution in [0.1, 0.15) is 18.5 Å². The van der Waals surface area contributed by atoms with Crippen LogP contribution in [0.5, 0.6) is 0 Å². The molecule has 1 saturated heterocycles. The van der Waals surface area contributed by atoms with Crippen LogP contribution in [0.25, 0.3) is 17.3 Å². The molecule has 1 aliphatic rings. The van der Waals surface area contributed by atoms with Gasteiger partial charge >= 0.3 is 0 Å². The summed E-state index contributed by atoms with van der Waals surface area (Å²) in [5.74, 6) is 1.10. The fourth-order valence-electron chi connectivity index (χ4n) is 2.33. The lowest BCUT2D eigenvalue weighted by molar-refractivity contribution is 0.268. The summed E-state index contributed by atoms with van der Waals surface area (Å²) in [6.07, 6.45) is 8.80. The molecule has 22 heavy (non-hydrogen) atoms. The van der Waals surface area contributed by atoms with Crippen molar-refractivity contribution in [1.29, 1.82) is 0 Å². The fraction of sp³-hybridized carbons (Fsp3) is 0.278. The Morgan fingerprint density at radius 2 is 2.09 bits per heavy atom. The maximum absolute atomic E-state index is 5.64. The van der Waals surface area contributed by atoms with E-state index in [0.717, 1.165) is 29.1 Å². The average molecular weight is 329 g/mol. The van der Waals surface area contributed by atoms with Crippen LogP contribution in [-0.4, -0.2) is 23.1 Å². The number of pyridine rings is 1. The molecule has 1 aliphatic heterocycles. The van der Waals surface area contributed by atoms with Crippen molar-refractivity contribution in [1.82, 2.24) is 4.98 Å². The Hall–Kier alpha value is -1.23. The fourth-order valence-corrected chi connectivity index (χ4v) is 3.45. The Labute approximate surface area is 140 Å². The second-order valence-electron chi connectivity index (χ2n) is 5.13. The molecule has 2 heterocycles. The zero-order chi connectivity index (χ0) is 15.2. The predicted molar refractivity (Wildman–Crippen MR) is 97.1 cm³/mol. The smallest absolute Gasteiger partial charge is 0.0907 e. The summed E-state index contributed by atoms with van der Waals surface area (Å²) in [7, 11) is 0. The van der Waals surface area contributed by atoms with Crippen molar-refractivity contribution in [2.75, 3.05) is 12.0 Å². The molecule has 2 nitrogen and oxygen atoms in total. The number of hydrogen-bond acceptors (Lipinski definition) is 4. The van der Waals surface area contributed by atoms with E-state index in [2.05, 4.69) is 54.8 Å². The van der Waals surface area contributed by atoms with Gasteiger partial charge in [0, 0.05) is 16.2 Å². The topological polar surface area (TPSA) is 22.1 Å². The molecule has 1 fully saturated rings. The molecular formula is C18H19NOS2. The van der Waals surface area contributed by atoms with Crippen molar-refractivity contribution in [2.24, 2.45) is 0 Å². The number of aromatic nitrogens is 1. The molecule has 0 aliphatic carbocycles. The highest BCUT2D eigenvalue weighted by Gasteiger charge is 2.11. The Morgan fingerprint density at radius 3 is 2.82 bits per heavy atom. The van der Waals surface area contributed by atoms with Crippen molar-refractivity contribution in [2.45, 2.75) is 23.8 Å². The van der Waals surface area contributed by atoms with Gasteiger partial charge in [-0.05, 0) is 61.5 Å². The molecule has 1 aromatic carbocycles. The normalized spacial score (nSPS) is 18.7. The summed E-state index contributed by atoms with van der Waals surface area (Å²) in [5.41, 5.74) is 3.14. The van der Waals surface area contributed by atoms with Crippen LogP contribution in [0.3, 0.4) is 0 Å². The third-order valence-electron chi connectivity index (χ3n) is 3.55. The van der Waals surface area contributed by atoms with E-state index in [-0.39, 0.29) is 6.10 Å². The highest BCUT2D eigenvalue weighted by molar-refractivity contribution is 7.98. The van der Waals surface area contributed by atoms with Gasteiger partial charge in [-0.15, -0.1) is 11.8 Å². The summed E-state index contributed by atoms with van der Waals surface area (Å²) in [5, 5.41) is 0. The molecule has 1 unspecified atom stereocenters. The second-order valence-corrected chi connectivity index (χ2v) is 6.85. The van der Waals surface area contributed by atoms with E-state index >= 15 is 0 Å². The minimum atomic E-state index is 0.213. The van der Waals surface area contributed by atoms with Crippen LogP contribution < -0.4 is 0 Å². The third-order valence-corrected chi connectivity index (χ3v) is 5.13. The van der Waals surface area contributed by atoms with E-state index in [1.165, 1.54) is 11.3 Å². The molecule has 1 atom stereocenters. The SMILES string of the molecule is CSc1ccc(-c2cccc(/C=C\C3CCCSO3)n2)cc1. The van der Waals surface area contributed by atoms with Crippen molar-refractivity contribution in [3.8, 4) is 11.3 Å². The Balaban J connectivity index is 1.75. The molecule has 0 N–H and O–H groups in total. The molecule has 114 valence electrons. The van der Waals surface area contributed by atoms with Crippen LogP contribution in [-0.2, 0) is 4.18 Å². The summed E-state index contributed by atoms with van der Waals surface area (Å²) in [4.78, 5) is 6.00. The Kier molecular flexibility index (Phi) is 5.59. The van der Waals surface area contributed by atoms with Crippen molar-refractivity contribution >= 4 is 29.9 Å². The minimum absolute atomic E-state index is 0.213. The molecule has 0 saturated carbocycles. The minimum Gasteiger partial charge on any atom is -0.308 e. The van der Waals surface area contributed by atoms with E-state index in [1.54, 1.807) is 23.8 Å². The van der Waals surface area contributed by atoms with Gasteiger partial charge in [0.1, 0.15) is 0 Å². The molecule has 2 aromatic rings. The lowest BCUT2D eigenvalue weighted by atomic mass is 10.1. The van der Waals surface area contributed by atoms with E-state index in [0.29, 0.717) is 0 Å². The van der Waals surface area contributed by atoms with E-state index in [1.807, 2.05) is 6.07 Å². The van der Waals surface area contributed by atoms with Crippen LogP contribution in [0.15, 0.2) is 53.4 Å². The molecule has 1 aromatic heterocycles.